The van der Waals surface area contributed by atoms with Gasteiger partial charge in [-0.1, -0.05) is 23.7 Å². The van der Waals surface area contributed by atoms with Gasteiger partial charge in [0, 0.05) is 25.2 Å². The van der Waals surface area contributed by atoms with Gasteiger partial charge in [0.1, 0.15) is 0 Å². The highest BCUT2D eigenvalue weighted by Crippen LogP contribution is 2.11. The Kier molecular flexibility index (Phi) is 4.90. The summed E-state index contributed by atoms with van der Waals surface area (Å²) in [5.74, 6) is 0.343. The Labute approximate surface area is 128 Å². The van der Waals surface area contributed by atoms with Gasteiger partial charge in [0.2, 0.25) is 11.9 Å². The van der Waals surface area contributed by atoms with Gasteiger partial charge in [-0.15, -0.1) is 0 Å². The Morgan fingerprint density at radius 3 is 2.38 bits per heavy atom. The van der Waals surface area contributed by atoms with Crippen molar-refractivity contribution in [1.29, 1.82) is 0 Å². The fourth-order valence-corrected chi connectivity index (χ4v) is 1.67. The number of nitrogens with one attached hydrogen (secondary N) is 1. The van der Waals surface area contributed by atoms with Gasteiger partial charge in [0.15, 0.2) is 0 Å². The molecule has 0 atom stereocenters. The van der Waals surface area contributed by atoms with E-state index in [4.69, 9.17) is 11.6 Å². The molecule has 2 rings (SSSR count). The molecule has 1 aromatic carbocycles. The molecule has 0 saturated heterocycles. The predicted octanol–water partition coefficient (Wildman–Crippen LogP) is 2.85. The Balaban J connectivity index is 1.96. The molecule has 1 N–H and O–H groups in total. The first-order valence-corrected chi connectivity index (χ1v) is 6.66. The molecule has 2 aromatic rings. The summed E-state index contributed by atoms with van der Waals surface area (Å²) >= 11 is 5.80. The Bertz CT molecular complexity index is 636. The van der Waals surface area contributed by atoms with Crippen LogP contribution in [0.5, 0.6) is 0 Å². The minimum atomic E-state index is -0.244. The van der Waals surface area contributed by atoms with Crippen LogP contribution in [0.3, 0.4) is 0 Å². The van der Waals surface area contributed by atoms with Crippen LogP contribution in [0.2, 0.25) is 5.02 Å². The van der Waals surface area contributed by atoms with Gasteiger partial charge in [-0.25, -0.2) is 9.97 Å². The van der Waals surface area contributed by atoms with Crippen molar-refractivity contribution in [3.05, 3.63) is 53.3 Å². The number of aromatic nitrogens is 2. The Morgan fingerprint density at radius 1 is 1.19 bits per heavy atom. The zero-order valence-corrected chi connectivity index (χ0v) is 12.5. The lowest BCUT2D eigenvalue weighted by Crippen LogP contribution is -2.13. The maximum atomic E-state index is 11.8. The highest BCUT2D eigenvalue weighted by atomic mass is 35.5. The van der Waals surface area contributed by atoms with Crippen LogP contribution < -0.4 is 10.2 Å². The number of halogens is 1. The van der Waals surface area contributed by atoms with Crippen molar-refractivity contribution in [3.63, 3.8) is 0 Å². The monoisotopic (exact) mass is 302 g/mol. The maximum Gasteiger partial charge on any atom is 0.248 e. The van der Waals surface area contributed by atoms with E-state index in [1.54, 1.807) is 35.5 Å². The topological polar surface area (TPSA) is 58.1 Å². The van der Waals surface area contributed by atoms with Gasteiger partial charge < -0.3 is 10.2 Å². The van der Waals surface area contributed by atoms with Crippen molar-refractivity contribution in [3.8, 4) is 0 Å². The molecule has 0 aliphatic heterocycles. The average Bonchev–Trinajstić information content (AvgIpc) is 2.47. The highest BCUT2D eigenvalue weighted by Gasteiger charge is 2.01. The maximum absolute atomic E-state index is 11.8. The summed E-state index contributed by atoms with van der Waals surface area (Å²) in [6, 6.07) is 7.21. The van der Waals surface area contributed by atoms with Gasteiger partial charge in [0.25, 0.3) is 0 Å². The van der Waals surface area contributed by atoms with Crippen molar-refractivity contribution in [2.75, 3.05) is 24.3 Å². The van der Waals surface area contributed by atoms with Crippen molar-refractivity contribution in [2.45, 2.75) is 0 Å². The van der Waals surface area contributed by atoms with Crippen LogP contribution in [0.1, 0.15) is 5.56 Å². The lowest BCUT2D eigenvalue weighted by atomic mass is 10.2. The smallest absolute Gasteiger partial charge is 0.248 e. The molecule has 0 unspecified atom stereocenters. The van der Waals surface area contributed by atoms with E-state index in [9.17, 15) is 4.79 Å². The van der Waals surface area contributed by atoms with E-state index in [0.29, 0.717) is 16.7 Å². The minimum absolute atomic E-state index is 0.244. The van der Waals surface area contributed by atoms with Crippen LogP contribution in [0.4, 0.5) is 11.6 Å². The third-order valence-electron chi connectivity index (χ3n) is 2.60. The molecule has 108 valence electrons. The Hall–Kier alpha value is -2.40. The van der Waals surface area contributed by atoms with Crippen LogP contribution in [0.15, 0.2) is 42.7 Å². The second-order valence-corrected chi connectivity index (χ2v) is 4.98. The highest BCUT2D eigenvalue weighted by molar-refractivity contribution is 6.30. The predicted molar refractivity (Wildman–Crippen MR) is 85.5 cm³/mol. The third kappa shape index (κ3) is 4.57. The lowest BCUT2D eigenvalue weighted by molar-refractivity contribution is -0.111. The fourth-order valence-electron chi connectivity index (χ4n) is 1.55. The molecule has 1 aromatic heterocycles. The average molecular weight is 303 g/mol. The molecule has 0 radical (unpaired) electrons. The number of carbonyl (C=O) groups excluding carboxylic acids is 1. The number of carbonyl (C=O) groups is 1. The SMILES string of the molecule is CN(C)c1ncc(NC(=O)/C=C/c2ccc(Cl)cc2)cn1. The van der Waals surface area contributed by atoms with E-state index >= 15 is 0 Å². The standard InChI is InChI=1S/C15H15ClN4O/c1-20(2)15-17-9-13(10-18-15)19-14(21)8-5-11-3-6-12(16)7-4-11/h3-10H,1-2H3,(H,19,21)/b8-5+. The van der Waals surface area contributed by atoms with Crippen LogP contribution in [0, 0.1) is 0 Å². The number of rotatable bonds is 4. The molecule has 0 bridgehead atoms. The molecule has 1 heterocycles. The number of nitrogens with zero attached hydrogens (tertiary/aromatic N) is 3. The summed E-state index contributed by atoms with van der Waals surface area (Å²) < 4.78 is 0. The van der Waals surface area contributed by atoms with Crippen LogP contribution in [0.25, 0.3) is 6.08 Å². The Morgan fingerprint density at radius 2 is 1.81 bits per heavy atom. The number of benzene rings is 1. The van der Waals surface area contributed by atoms with Gasteiger partial charge in [-0.2, -0.15) is 0 Å². The molecule has 0 spiro atoms. The van der Waals surface area contributed by atoms with E-state index in [2.05, 4.69) is 15.3 Å². The van der Waals surface area contributed by atoms with Crippen LogP contribution in [-0.2, 0) is 4.79 Å². The summed E-state index contributed by atoms with van der Waals surface area (Å²) in [6.45, 7) is 0. The lowest BCUT2D eigenvalue weighted by Gasteiger charge is -2.09. The molecule has 6 heteroatoms. The van der Waals surface area contributed by atoms with Gasteiger partial charge in [-0.05, 0) is 23.8 Å². The quantitative estimate of drug-likeness (QED) is 0.882. The second kappa shape index (κ2) is 6.85. The van der Waals surface area contributed by atoms with Gasteiger partial charge >= 0.3 is 0 Å². The zero-order chi connectivity index (χ0) is 15.2. The normalized spacial score (nSPS) is 10.6. The van der Waals surface area contributed by atoms with Gasteiger partial charge in [0.05, 0.1) is 18.1 Å². The fraction of sp³-hybridized carbons (Fsp3) is 0.133. The van der Waals surface area contributed by atoms with Crippen LogP contribution >= 0.6 is 11.6 Å². The first-order chi connectivity index (χ1) is 10.0. The largest absolute Gasteiger partial charge is 0.347 e. The molecule has 0 aliphatic carbocycles. The van der Waals surface area contributed by atoms with Crippen molar-refractivity contribution in [2.24, 2.45) is 0 Å². The van der Waals surface area contributed by atoms with E-state index in [-0.39, 0.29) is 5.91 Å². The molecule has 0 fully saturated rings. The van der Waals surface area contributed by atoms with Crippen molar-refractivity contribution < 1.29 is 4.79 Å². The summed E-state index contributed by atoms with van der Waals surface area (Å²) in [5, 5.41) is 3.36. The zero-order valence-electron chi connectivity index (χ0n) is 11.7. The van der Waals surface area contributed by atoms with E-state index in [0.717, 1.165) is 5.56 Å². The molecular weight excluding hydrogens is 288 g/mol. The van der Waals surface area contributed by atoms with E-state index < -0.39 is 0 Å². The number of hydrogen-bond donors (Lipinski definition) is 1. The number of hydrogen-bond acceptors (Lipinski definition) is 4. The molecule has 21 heavy (non-hydrogen) atoms. The molecule has 1 amide bonds. The second-order valence-electron chi connectivity index (χ2n) is 4.54. The van der Waals surface area contributed by atoms with E-state index in [1.165, 1.54) is 6.08 Å². The first-order valence-electron chi connectivity index (χ1n) is 6.28. The van der Waals surface area contributed by atoms with Crippen molar-refractivity contribution in [1.82, 2.24) is 9.97 Å². The third-order valence-corrected chi connectivity index (χ3v) is 2.85. The summed E-state index contributed by atoms with van der Waals surface area (Å²) in [4.78, 5) is 21.8. The molecule has 0 saturated carbocycles. The summed E-state index contributed by atoms with van der Waals surface area (Å²) in [5.41, 5.74) is 1.44. The van der Waals surface area contributed by atoms with Gasteiger partial charge in [-0.3, -0.25) is 4.79 Å². The molecule has 5 nitrogen and oxygen atoms in total. The van der Waals surface area contributed by atoms with E-state index in [1.807, 2.05) is 26.2 Å². The van der Waals surface area contributed by atoms with Crippen LogP contribution in [-0.4, -0.2) is 30.0 Å². The summed E-state index contributed by atoms with van der Waals surface area (Å²) in [6.07, 6.45) is 6.29. The first kappa shape index (κ1) is 15.0. The van der Waals surface area contributed by atoms with Crippen molar-refractivity contribution >= 4 is 35.2 Å². The molecule has 0 aliphatic rings. The summed E-state index contributed by atoms with van der Waals surface area (Å²) in [7, 11) is 3.70. The number of anilines is 2. The minimum Gasteiger partial charge on any atom is -0.347 e. The molecular formula is C15H15ClN4O. The number of amides is 1.